The van der Waals surface area contributed by atoms with Crippen molar-refractivity contribution in [2.75, 3.05) is 13.1 Å². The first-order valence-corrected chi connectivity index (χ1v) is 5.65. The van der Waals surface area contributed by atoms with Crippen molar-refractivity contribution in [3.63, 3.8) is 0 Å². The van der Waals surface area contributed by atoms with Crippen LogP contribution in [0.2, 0.25) is 0 Å². The number of nitrogens with zero attached hydrogens (tertiary/aromatic N) is 1. The van der Waals surface area contributed by atoms with Gasteiger partial charge in [0.25, 0.3) is 0 Å². The van der Waals surface area contributed by atoms with Gasteiger partial charge in [-0.05, 0) is 12.8 Å². The fourth-order valence-corrected chi connectivity index (χ4v) is 2.01. The summed E-state index contributed by atoms with van der Waals surface area (Å²) in [6, 6.07) is 0.734. The van der Waals surface area contributed by atoms with Crippen LogP contribution in [0.3, 0.4) is 0 Å². The topological polar surface area (TPSA) is 3.24 Å². The molecule has 1 aliphatic heterocycles. The van der Waals surface area contributed by atoms with Crippen LogP contribution in [0.5, 0.6) is 0 Å². The molecule has 1 heterocycles. The van der Waals surface area contributed by atoms with Crippen LogP contribution in [0.4, 0.5) is 4.39 Å². The van der Waals surface area contributed by atoms with E-state index in [2.05, 4.69) is 4.90 Å². The Hall–Kier alpha value is -0.110. The van der Waals surface area contributed by atoms with Gasteiger partial charge in [0.15, 0.2) is 0 Å². The minimum atomic E-state index is -0.560. The Labute approximate surface area is 81.3 Å². The van der Waals surface area contributed by atoms with Crippen LogP contribution < -0.4 is 0 Å². The third-order valence-corrected chi connectivity index (χ3v) is 3.14. The van der Waals surface area contributed by atoms with Crippen LogP contribution in [-0.2, 0) is 0 Å². The first-order chi connectivity index (χ1) is 6.27. The van der Waals surface area contributed by atoms with Gasteiger partial charge in [-0.2, -0.15) is 0 Å². The molecule has 0 bridgehead atoms. The van der Waals surface area contributed by atoms with E-state index in [0.717, 1.165) is 12.6 Å². The zero-order valence-corrected chi connectivity index (χ0v) is 9.09. The summed E-state index contributed by atoms with van der Waals surface area (Å²) in [6.45, 7) is 7.71. The molecule has 0 aromatic carbocycles. The SMILES string of the molecule is CC.CC1CN(C2CCC2)CC1F. The van der Waals surface area contributed by atoms with E-state index in [1.807, 2.05) is 20.8 Å². The molecule has 13 heavy (non-hydrogen) atoms. The molecule has 2 aliphatic rings. The molecule has 1 saturated heterocycles. The Morgan fingerprint density at radius 2 is 1.77 bits per heavy atom. The van der Waals surface area contributed by atoms with Crippen molar-refractivity contribution in [2.24, 2.45) is 5.92 Å². The minimum absolute atomic E-state index is 0.274. The molecule has 0 N–H and O–H groups in total. The summed E-state index contributed by atoms with van der Waals surface area (Å²) in [4.78, 5) is 2.33. The molecule has 1 saturated carbocycles. The maximum absolute atomic E-state index is 13.0. The van der Waals surface area contributed by atoms with Crippen LogP contribution in [0.15, 0.2) is 0 Å². The van der Waals surface area contributed by atoms with Gasteiger partial charge in [0.05, 0.1) is 0 Å². The standard InChI is InChI=1S/C9H16FN.C2H6/c1-7-5-11(6-9(7)10)8-3-2-4-8;1-2/h7-9H,2-6H2,1H3;1-2H3. The smallest absolute Gasteiger partial charge is 0.116 e. The van der Waals surface area contributed by atoms with Crippen LogP contribution in [-0.4, -0.2) is 30.2 Å². The van der Waals surface area contributed by atoms with Crippen LogP contribution in [0.25, 0.3) is 0 Å². The van der Waals surface area contributed by atoms with E-state index in [4.69, 9.17) is 0 Å². The quantitative estimate of drug-likeness (QED) is 0.610. The third-order valence-electron chi connectivity index (χ3n) is 3.14. The van der Waals surface area contributed by atoms with E-state index in [-0.39, 0.29) is 5.92 Å². The van der Waals surface area contributed by atoms with Crippen LogP contribution in [0, 0.1) is 5.92 Å². The van der Waals surface area contributed by atoms with Crippen molar-refractivity contribution >= 4 is 0 Å². The van der Waals surface area contributed by atoms with E-state index in [9.17, 15) is 4.39 Å². The van der Waals surface area contributed by atoms with Crippen LogP contribution in [0.1, 0.15) is 40.0 Å². The number of alkyl halides is 1. The Balaban J connectivity index is 0.000000396. The lowest BCUT2D eigenvalue weighted by Crippen LogP contribution is -2.38. The van der Waals surface area contributed by atoms with Gasteiger partial charge in [0, 0.05) is 25.0 Å². The van der Waals surface area contributed by atoms with Crippen molar-refractivity contribution < 1.29 is 4.39 Å². The molecule has 2 heteroatoms. The normalized spacial score (nSPS) is 35.1. The molecule has 1 aliphatic carbocycles. The molecule has 0 aromatic rings. The second-order valence-electron chi connectivity index (χ2n) is 4.03. The highest BCUT2D eigenvalue weighted by atomic mass is 19.1. The fourth-order valence-electron chi connectivity index (χ4n) is 2.01. The average Bonchev–Trinajstić information content (AvgIpc) is 2.32. The van der Waals surface area contributed by atoms with Gasteiger partial charge in [0.1, 0.15) is 6.17 Å². The molecule has 2 rings (SSSR count). The maximum atomic E-state index is 13.0. The highest BCUT2D eigenvalue weighted by molar-refractivity contribution is 4.89. The second kappa shape index (κ2) is 4.94. The van der Waals surface area contributed by atoms with Gasteiger partial charge >= 0.3 is 0 Å². The Bertz CT molecular complexity index is 135. The molecule has 78 valence electrons. The Kier molecular flexibility index (Phi) is 4.17. The molecule has 0 spiro atoms. The van der Waals surface area contributed by atoms with Gasteiger partial charge in [-0.25, -0.2) is 4.39 Å². The van der Waals surface area contributed by atoms with Gasteiger partial charge in [0.2, 0.25) is 0 Å². The molecule has 1 nitrogen and oxygen atoms in total. The lowest BCUT2D eigenvalue weighted by molar-refractivity contribution is 0.147. The average molecular weight is 187 g/mol. The largest absolute Gasteiger partial charge is 0.297 e. The molecule has 2 unspecified atom stereocenters. The number of hydrogen-bond acceptors (Lipinski definition) is 1. The van der Waals surface area contributed by atoms with Crippen molar-refractivity contribution in [3.05, 3.63) is 0 Å². The van der Waals surface area contributed by atoms with E-state index >= 15 is 0 Å². The highest BCUT2D eigenvalue weighted by Crippen LogP contribution is 2.30. The van der Waals surface area contributed by atoms with Gasteiger partial charge < -0.3 is 0 Å². The summed E-state index contributed by atoms with van der Waals surface area (Å²) in [5.41, 5.74) is 0. The predicted molar refractivity (Wildman–Crippen MR) is 54.6 cm³/mol. The summed E-state index contributed by atoms with van der Waals surface area (Å²) < 4.78 is 13.0. The molecule has 0 radical (unpaired) electrons. The summed E-state index contributed by atoms with van der Waals surface area (Å²) in [6.07, 6.45) is 3.40. The summed E-state index contributed by atoms with van der Waals surface area (Å²) >= 11 is 0. The lowest BCUT2D eigenvalue weighted by atomic mass is 9.92. The molecule has 0 amide bonds. The number of likely N-dealkylation sites (tertiary alicyclic amines) is 1. The van der Waals surface area contributed by atoms with Crippen molar-refractivity contribution in [3.8, 4) is 0 Å². The summed E-state index contributed by atoms with van der Waals surface area (Å²) in [7, 11) is 0. The zero-order chi connectivity index (χ0) is 9.84. The fraction of sp³-hybridized carbons (Fsp3) is 1.00. The number of rotatable bonds is 1. The molecular formula is C11H22FN. The summed E-state index contributed by atoms with van der Waals surface area (Å²) in [5, 5.41) is 0. The van der Waals surface area contributed by atoms with Crippen molar-refractivity contribution in [1.29, 1.82) is 0 Å². The van der Waals surface area contributed by atoms with Gasteiger partial charge in [-0.3, -0.25) is 4.90 Å². The summed E-state index contributed by atoms with van der Waals surface area (Å²) in [5.74, 6) is 0.274. The van der Waals surface area contributed by atoms with E-state index < -0.39 is 6.17 Å². The Morgan fingerprint density at radius 1 is 1.15 bits per heavy atom. The number of hydrogen-bond donors (Lipinski definition) is 0. The minimum Gasteiger partial charge on any atom is -0.297 e. The van der Waals surface area contributed by atoms with E-state index in [1.54, 1.807) is 0 Å². The molecule has 0 aromatic heterocycles. The molecule has 2 atom stereocenters. The van der Waals surface area contributed by atoms with E-state index in [0.29, 0.717) is 6.54 Å². The lowest BCUT2D eigenvalue weighted by Gasteiger charge is -2.34. The maximum Gasteiger partial charge on any atom is 0.116 e. The number of halogens is 1. The monoisotopic (exact) mass is 187 g/mol. The van der Waals surface area contributed by atoms with Gasteiger partial charge in [-0.15, -0.1) is 0 Å². The molecule has 2 fully saturated rings. The first kappa shape index (κ1) is 11.0. The van der Waals surface area contributed by atoms with Crippen molar-refractivity contribution in [1.82, 2.24) is 4.90 Å². The van der Waals surface area contributed by atoms with E-state index in [1.165, 1.54) is 19.3 Å². The third kappa shape index (κ3) is 2.43. The van der Waals surface area contributed by atoms with Crippen molar-refractivity contribution in [2.45, 2.75) is 52.2 Å². The highest BCUT2D eigenvalue weighted by Gasteiger charge is 2.35. The predicted octanol–water partition coefficient (Wildman–Crippen LogP) is 2.85. The zero-order valence-electron chi connectivity index (χ0n) is 9.09. The van der Waals surface area contributed by atoms with Crippen LogP contribution >= 0.6 is 0 Å². The second-order valence-corrected chi connectivity index (χ2v) is 4.03. The molecular weight excluding hydrogens is 165 g/mol. The Morgan fingerprint density at radius 3 is 2.08 bits per heavy atom. The first-order valence-electron chi connectivity index (χ1n) is 5.65. The van der Waals surface area contributed by atoms with Gasteiger partial charge in [-0.1, -0.05) is 27.2 Å².